The van der Waals surface area contributed by atoms with Crippen LogP contribution in [0, 0.1) is 6.92 Å². The molecule has 0 radical (unpaired) electrons. The molecule has 0 aliphatic carbocycles. The Kier molecular flexibility index (Phi) is 2.67. The second-order valence-corrected chi connectivity index (χ2v) is 4.74. The molecule has 3 aromatic rings. The van der Waals surface area contributed by atoms with Crippen molar-refractivity contribution in [3.63, 3.8) is 0 Å². The van der Waals surface area contributed by atoms with Gasteiger partial charge in [0.15, 0.2) is 0 Å². The maximum Gasteiger partial charge on any atom is 0.0453 e. The molecule has 2 aromatic heterocycles. The molecule has 90 valence electrons. The molecule has 1 heteroatoms. The zero-order valence-corrected chi connectivity index (χ0v) is 10.9. The summed E-state index contributed by atoms with van der Waals surface area (Å²) < 4.78 is 2.24. The molecular formula is C17H17N. The predicted octanol–water partition coefficient (Wildman–Crippen LogP) is 4.48. The summed E-state index contributed by atoms with van der Waals surface area (Å²) in [5, 5.41) is 0. The minimum absolute atomic E-state index is 1.09. The number of fused-ring (bicyclic) bond motifs is 1. The van der Waals surface area contributed by atoms with Gasteiger partial charge in [-0.25, -0.2) is 0 Å². The van der Waals surface area contributed by atoms with Crippen LogP contribution >= 0.6 is 0 Å². The van der Waals surface area contributed by atoms with Crippen molar-refractivity contribution in [1.29, 1.82) is 0 Å². The van der Waals surface area contributed by atoms with Gasteiger partial charge < -0.3 is 4.40 Å². The van der Waals surface area contributed by atoms with Crippen molar-refractivity contribution >= 4 is 5.52 Å². The van der Waals surface area contributed by atoms with Crippen LogP contribution in [0.3, 0.4) is 0 Å². The monoisotopic (exact) mass is 235 g/mol. The van der Waals surface area contributed by atoms with Gasteiger partial charge in [0.25, 0.3) is 0 Å². The third-order valence-corrected chi connectivity index (χ3v) is 3.55. The van der Waals surface area contributed by atoms with Crippen molar-refractivity contribution < 1.29 is 0 Å². The van der Waals surface area contributed by atoms with Gasteiger partial charge in [-0.1, -0.05) is 37.3 Å². The highest BCUT2D eigenvalue weighted by Crippen LogP contribution is 2.22. The molecule has 0 saturated heterocycles. The smallest absolute Gasteiger partial charge is 0.0453 e. The minimum atomic E-state index is 1.09. The van der Waals surface area contributed by atoms with Crippen molar-refractivity contribution in [2.75, 3.05) is 0 Å². The first kappa shape index (κ1) is 11.1. The largest absolute Gasteiger partial charge is 0.321 e. The Labute approximate surface area is 108 Å². The van der Waals surface area contributed by atoms with Crippen LogP contribution in [0.4, 0.5) is 0 Å². The zero-order chi connectivity index (χ0) is 12.5. The van der Waals surface area contributed by atoms with E-state index in [2.05, 4.69) is 73.0 Å². The standard InChI is InChI=1S/C17H17N/c1-3-14-5-7-15(8-6-14)16-9-11-17-10-4-13(2)18(17)12-16/h4-12H,3H2,1-2H3. The van der Waals surface area contributed by atoms with E-state index in [0.29, 0.717) is 0 Å². The lowest BCUT2D eigenvalue weighted by atomic mass is 10.0. The number of rotatable bonds is 2. The van der Waals surface area contributed by atoms with E-state index >= 15 is 0 Å². The molecule has 1 nitrogen and oxygen atoms in total. The highest BCUT2D eigenvalue weighted by molar-refractivity contribution is 5.66. The number of pyridine rings is 1. The average Bonchev–Trinajstić information content (AvgIpc) is 2.80. The number of benzene rings is 1. The summed E-state index contributed by atoms with van der Waals surface area (Å²) in [4.78, 5) is 0. The van der Waals surface area contributed by atoms with Crippen LogP contribution in [-0.2, 0) is 6.42 Å². The van der Waals surface area contributed by atoms with Crippen molar-refractivity contribution in [2.24, 2.45) is 0 Å². The van der Waals surface area contributed by atoms with E-state index in [0.717, 1.165) is 6.42 Å². The lowest BCUT2D eigenvalue weighted by Gasteiger charge is -2.06. The molecule has 0 fully saturated rings. The molecule has 0 aliphatic rings. The van der Waals surface area contributed by atoms with E-state index in [9.17, 15) is 0 Å². The lowest BCUT2D eigenvalue weighted by molar-refractivity contribution is 1.11. The summed E-state index contributed by atoms with van der Waals surface area (Å²) in [6.07, 6.45) is 3.31. The van der Waals surface area contributed by atoms with Gasteiger partial charge in [-0.05, 0) is 48.2 Å². The van der Waals surface area contributed by atoms with Gasteiger partial charge in [0, 0.05) is 17.4 Å². The summed E-state index contributed by atoms with van der Waals surface area (Å²) in [6, 6.07) is 17.5. The molecule has 2 heterocycles. The predicted molar refractivity (Wildman–Crippen MR) is 76.9 cm³/mol. The quantitative estimate of drug-likeness (QED) is 0.617. The van der Waals surface area contributed by atoms with Crippen LogP contribution in [-0.4, -0.2) is 4.40 Å². The maximum atomic E-state index is 2.24. The fourth-order valence-corrected chi connectivity index (χ4v) is 2.34. The normalized spacial score (nSPS) is 11.0. The first-order chi connectivity index (χ1) is 8.78. The van der Waals surface area contributed by atoms with E-state index in [4.69, 9.17) is 0 Å². The number of aryl methyl sites for hydroxylation is 2. The summed E-state index contributed by atoms with van der Waals surface area (Å²) >= 11 is 0. The average molecular weight is 235 g/mol. The molecule has 0 saturated carbocycles. The number of nitrogens with zero attached hydrogens (tertiary/aromatic N) is 1. The van der Waals surface area contributed by atoms with Crippen LogP contribution in [0.1, 0.15) is 18.2 Å². The van der Waals surface area contributed by atoms with Gasteiger partial charge in [0.1, 0.15) is 0 Å². The molecule has 18 heavy (non-hydrogen) atoms. The summed E-state index contributed by atoms with van der Waals surface area (Å²) in [6.45, 7) is 4.32. The maximum absolute atomic E-state index is 2.24. The second kappa shape index (κ2) is 4.34. The number of hydrogen-bond donors (Lipinski definition) is 0. The first-order valence-corrected chi connectivity index (χ1v) is 6.45. The van der Waals surface area contributed by atoms with Crippen molar-refractivity contribution in [3.05, 3.63) is 66.0 Å². The lowest BCUT2D eigenvalue weighted by Crippen LogP contribution is -1.88. The van der Waals surface area contributed by atoms with Crippen LogP contribution in [0.25, 0.3) is 16.6 Å². The molecular weight excluding hydrogens is 218 g/mol. The summed E-state index contributed by atoms with van der Waals surface area (Å²) in [5.41, 5.74) is 6.46. The second-order valence-electron chi connectivity index (χ2n) is 4.74. The van der Waals surface area contributed by atoms with Crippen molar-refractivity contribution in [2.45, 2.75) is 20.3 Å². The van der Waals surface area contributed by atoms with E-state index in [1.807, 2.05) is 0 Å². The Morgan fingerprint density at radius 3 is 2.22 bits per heavy atom. The van der Waals surface area contributed by atoms with Crippen molar-refractivity contribution in [1.82, 2.24) is 4.40 Å². The Balaban J connectivity index is 2.09. The Hall–Kier alpha value is -2.02. The summed E-state index contributed by atoms with van der Waals surface area (Å²) in [7, 11) is 0. The third-order valence-electron chi connectivity index (χ3n) is 3.55. The van der Waals surface area contributed by atoms with E-state index in [1.165, 1.54) is 27.9 Å². The molecule has 0 bridgehead atoms. The van der Waals surface area contributed by atoms with Crippen LogP contribution in [0.15, 0.2) is 54.7 Å². The molecule has 1 aromatic carbocycles. The Bertz CT molecular complexity index is 674. The topological polar surface area (TPSA) is 4.41 Å². The molecule has 0 atom stereocenters. The summed E-state index contributed by atoms with van der Waals surface area (Å²) in [5.74, 6) is 0. The van der Waals surface area contributed by atoms with Gasteiger partial charge in [-0.2, -0.15) is 0 Å². The van der Waals surface area contributed by atoms with Crippen LogP contribution in [0.2, 0.25) is 0 Å². The van der Waals surface area contributed by atoms with E-state index in [1.54, 1.807) is 0 Å². The highest BCUT2D eigenvalue weighted by atomic mass is 14.9. The molecule has 0 amide bonds. The van der Waals surface area contributed by atoms with Gasteiger partial charge in [-0.15, -0.1) is 0 Å². The molecule has 0 unspecified atom stereocenters. The van der Waals surface area contributed by atoms with Crippen LogP contribution in [0.5, 0.6) is 0 Å². The Morgan fingerprint density at radius 2 is 1.50 bits per heavy atom. The number of aromatic nitrogens is 1. The van der Waals surface area contributed by atoms with Gasteiger partial charge in [-0.3, -0.25) is 0 Å². The van der Waals surface area contributed by atoms with Gasteiger partial charge in [0.2, 0.25) is 0 Å². The van der Waals surface area contributed by atoms with E-state index in [-0.39, 0.29) is 0 Å². The zero-order valence-electron chi connectivity index (χ0n) is 10.9. The van der Waals surface area contributed by atoms with Crippen molar-refractivity contribution in [3.8, 4) is 11.1 Å². The van der Waals surface area contributed by atoms with Gasteiger partial charge in [0.05, 0.1) is 0 Å². The Morgan fingerprint density at radius 1 is 0.833 bits per heavy atom. The van der Waals surface area contributed by atoms with Gasteiger partial charge >= 0.3 is 0 Å². The fourth-order valence-electron chi connectivity index (χ4n) is 2.34. The minimum Gasteiger partial charge on any atom is -0.321 e. The molecule has 0 spiro atoms. The number of hydrogen-bond acceptors (Lipinski definition) is 0. The first-order valence-electron chi connectivity index (χ1n) is 6.45. The molecule has 0 N–H and O–H groups in total. The fraction of sp³-hybridized carbons (Fsp3) is 0.176. The SMILES string of the molecule is CCc1ccc(-c2ccc3ccc(C)n3c2)cc1. The highest BCUT2D eigenvalue weighted by Gasteiger charge is 2.01. The third kappa shape index (κ3) is 1.82. The van der Waals surface area contributed by atoms with E-state index < -0.39 is 0 Å². The molecule has 0 aliphatic heterocycles. The van der Waals surface area contributed by atoms with Crippen LogP contribution < -0.4 is 0 Å². The molecule has 3 rings (SSSR count).